The van der Waals surface area contributed by atoms with Crippen molar-refractivity contribution in [2.24, 2.45) is 5.10 Å². The van der Waals surface area contributed by atoms with Gasteiger partial charge in [0, 0.05) is 12.6 Å². The molecular weight excluding hydrogens is 190 g/mol. The Labute approximate surface area is 88.6 Å². The molecule has 1 aromatic carbocycles. The van der Waals surface area contributed by atoms with Gasteiger partial charge in [-0.05, 0) is 18.6 Å². The molecule has 0 aromatic heterocycles. The number of nitrogens with zero attached hydrogens (tertiary/aromatic N) is 2. The molecule has 0 aliphatic carbocycles. The molecule has 0 spiro atoms. The second-order valence-corrected chi connectivity index (χ2v) is 3.31. The van der Waals surface area contributed by atoms with Crippen LogP contribution in [0.15, 0.2) is 35.6 Å². The number of benzene rings is 1. The van der Waals surface area contributed by atoms with Gasteiger partial charge in [-0.3, -0.25) is 0 Å². The van der Waals surface area contributed by atoms with Crippen LogP contribution in [0.2, 0.25) is 0 Å². The SMILES string of the molecule is Cc1cccc(N)c1ON1C=CCC=N1. The maximum absolute atomic E-state index is 5.81. The molecule has 0 bridgehead atoms. The van der Waals surface area contributed by atoms with Crippen LogP contribution in [0.25, 0.3) is 0 Å². The van der Waals surface area contributed by atoms with Crippen molar-refractivity contribution in [3.8, 4) is 5.75 Å². The summed E-state index contributed by atoms with van der Waals surface area (Å²) >= 11 is 0. The Morgan fingerprint density at radius 2 is 2.33 bits per heavy atom. The van der Waals surface area contributed by atoms with Gasteiger partial charge in [-0.2, -0.15) is 0 Å². The Hall–Kier alpha value is -1.97. The molecule has 78 valence electrons. The fourth-order valence-electron chi connectivity index (χ4n) is 1.33. The Morgan fingerprint density at radius 3 is 3.00 bits per heavy atom. The number of hydrogen-bond donors (Lipinski definition) is 1. The van der Waals surface area contributed by atoms with E-state index in [-0.39, 0.29) is 0 Å². The molecule has 4 heteroatoms. The second kappa shape index (κ2) is 4.04. The molecule has 0 radical (unpaired) electrons. The number of nitrogen functional groups attached to an aromatic ring is 1. The summed E-state index contributed by atoms with van der Waals surface area (Å²) in [7, 11) is 0. The largest absolute Gasteiger partial charge is 0.396 e. The summed E-state index contributed by atoms with van der Waals surface area (Å²) in [5.74, 6) is 0.654. The van der Waals surface area contributed by atoms with Crippen LogP contribution in [0.4, 0.5) is 5.69 Å². The molecule has 0 saturated heterocycles. The van der Waals surface area contributed by atoms with Gasteiger partial charge in [-0.15, -0.1) is 10.3 Å². The van der Waals surface area contributed by atoms with Gasteiger partial charge < -0.3 is 10.6 Å². The highest BCUT2D eigenvalue weighted by Crippen LogP contribution is 2.26. The quantitative estimate of drug-likeness (QED) is 0.748. The van der Waals surface area contributed by atoms with E-state index >= 15 is 0 Å². The third-order valence-electron chi connectivity index (χ3n) is 2.10. The molecule has 2 N–H and O–H groups in total. The van der Waals surface area contributed by atoms with E-state index < -0.39 is 0 Å². The molecule has 1 aliphatic rings. The number of hydrazone groups is 1. The molecule has 0 fully saturated rings. The maximum Gasteiger partial charge on any atom is 0.183 e. The van der Waals surface area contributed by atoms with E-state index in [1.807, 2.05) is 25.1 Å². The number of hydroxylamine groups is 1. The Bertz CT molecular complexity index is 380. The van der Waals surface area contributed by atoms with Crippen molar-refractivity contribution in [1.29, 1.82) is 0 Å². The fourth-order valence-corrected chi connectivity index (χ4v) is 1.33. The first-order chi connectivity index (χ1) is 7.27. The summed E-state index contributed by atoms with van der Waals surface area (Å²) in [6.07, 6.45) is 6.34. The zero-order valence-corrected chi connectivity index (χ0v) is 8.55. The van der Waals surface area contributed by atoms with E-state index in [0.29, 0.717) is 11.4 Å². The average Bonchev–Trinajstić information content (AvgIpc) is 2.25. The van der Waals surface area contributed by atoms with Crippen LogP contribution in [0.1, 0.15) is 12.0 Å². The lowest BCUT2D eigenvalue weighted by Crippen LogP contribution is -2.18. The molecule has 1 aromatic rings. The molecule has 0 atom stereocenters. The van der Waals surface area contributed by atoms with Crippen LogP contribution < -0.4 is 10.6 Å². The molecule has 15 heavy (non-hydrogen) atoms. The Morgan fingerprint density at radius 1 is 1.47 bits per heavy atom. The lowest BCUT2D eigenvalue weighted by Gasteiger charge is -2.18. The topological polar surface area (TPSA) is 50.9 Å². The van der Waals surface area contributed by atoms with Crippen LogP contribution in [-0.4, -0.2) is 11.4 Å². The van der Waals surface area contributed by atoms with E-state index in [0.717, 1.165) is 12.0 Å². The predicted molar refractivity (Wildman–Crippen MR) is 60.3 cm³/mol. The number of nitrogens with two attached hydrogens (primary N) is 1. The Balaban J connectivity index is 2.20. The summed E-state index contributed by atoms with van der Waals surface area (Å²) in [6.45, 7) is 1.95. The summed E-state index contributed by atoms with van der Waals surface area (Å²) in [6, 6.07) is 5.65. The lowest BCUT2D eigenvalue weighted by molar-refractivity contribution is -0.00569. The molecule has 0 unspecified atom stereocenters. The lowest BCUT2D eigenvalue weighted by atomic mass is 10.2. The highest BCUT2D eigenvalue weighted by molar-refractivity contribution is 5.60. The van der Waals surface area contributed by atoms with Gasteiger partial charge >= 0.3 is 0 Å². The molecule has 1 aliphatic heterocycles. The van der Waals surface area contributed by atoms with Gasteiger partial charge in [0.05, 0.1) is 11.9 Å². The smallest absolute Gasteiger partial charge is 0.183 e. The fraction of sp³-hybridized carbons (Fsp3) is 0.182. The van der Waals surface area contributed by atoms with Crippen LogP contribution in [-0.2, 0) is 0 Å². The maximum atomic E-state index is 5.81. The van der Waals surface area contributed by atoms with Crippen LogP contribution >= 0.6 is 0 Å². The minimum Gasteiger partial charge on any atom is -0.396 e. The minimum absolute atomic E-state index is 0.615. The number of aryl methyl sites for hydroxylation is 1. The van der Waals surface area contributed by atoms with E-state index in [4.69, 9.17) is 10.6 Å². The monoisotopic (exact) mass is 203 g/mol. The molecule has 4 nitrogen and oxygen atoms in total. The highest BCUT2D eigenvalue weighted by Gasteiger charge is 2.08. The van der Waals surface area contributed by atoms with Gasteiger partial charge in [0.1, 0.15) is 0 Å². The van der Waals surface area contributed by atoms with Crippen LogP contribution in [0.3, 0.4) is 0 Å². The van der Waals surface area contributed by atoms with Gasteiger partial charge in [0.25, 0.3) is 0 Å². The minimum atomic E-state index is 0.615. The van der Waals surface area contributed by atoms with Crippen LogP contribution in [0.5, 0.6) is 5.75 Å². The van der Waals surface area contributed by atoms with E-state index in [9.17, 15) is 0 Å². The Kier molecular flexibility index (Phi) is 2.58. The van der Waals surface area contributed by atoms with Crippen molar-refractivity contribution in [3.05, 3.63) is 36.0 Å². The first kappa shape index (κ1) is 9.58. The van der Waals surface area contributed by atoms with Crippen molar-refractivity contribution in [2.45, 2.75) is 13.3 Å². The summed E-state index contributed by atoms with van der Waals surface area (Å²) in [5, 5.41) is 5.46. The van der Waals surface area contributed by atoms with E-state index in [1.54, 1.807) is 18.5 Å². The third kappa shape index (κ3) is 2.10. The number of rotatable bonds is 2. The number of para-hydroxylation sites is 1. The first-order valence-electron chi connectivity index (χ1n) is 4.79. The summed E-state index contributed by atoms with van der Waals surface area (Å²) < 4.78 is 0. The third-order valence-corrected chi connectivity index (χ3v) is 2.10. The second-order valence-electron chi connectivity index (χ2n) is 3.31. The number of hydrogen-bond acceptors (Lipinski definition) is 4. The zero-order chi connectivity index (χ0) is 10.7. The van der Waals surface area contributed by atoms with Gasteiger partial charge in [0.15, 0.2) is 5.75 Å². The zero-order valence-electron chi connectivity index (χ0n) is 8.55. The summed E-state index contributed by atoms with van der Waals surface area (Å²) in [5.41, 5.74) is 7.42. The van der Waals surface area contributed by atoms with Crippen molar-refractivity contribution >= 4 is 11.9 Å². The molecule has 1 heterocycles. The highest BCUT2D eigenvalue weighted by atomic mass is 16.7. The van der Waals surface area contributed by atoms with Crippen molar-refractivity contribution in [2.75, 3.05) is 5.73 Å². The molecule has 0 amide bonds. The van der Waals surface area contributed by atoms with Gasteiger partial charge in [0.2, 0.25) is 0 Å². The van der Waals surface area contributed by atoms with Crippen LogP contribution in [0, 0.1) is 6.92 Å². The molecule has 0 saturated carbocycles. The van der Waals surface area contributed by atoms with Gasteiger partial charge in [-0.25, -0.2) is 0 Å². The van der Waals surface area contributed by atoms with E-state index in [2.05, 4.69) is 5.10 Å². The van der Waals surface area contributed by atoms with Crippen molar-refractivity contribution in [1.82, 2.24) is 5.17 Å². The number of anilines is 1. The van der Waals surface area contributed by atoms with E-state index in [1.165, 1.54) is 5.17 Å². The molecule has 2 rings (SSSR count). The van der Waals surface area contributed by atoms with Crippen molar-refractivity contribution < 1.29 is 4.84 Å². The normalized spacial score (nSPS) is 14.3. The first-order valence-corrected chi connectivity index (χ1v) is 4.79. The standard InChI is InChI=1S/C11H13N3O/c1-9-5-4-6-10(12)11(9)15-14-8-3-2-7-13-14/h3-8H,2,12H2,1H3. The molecular formula is C11H13N3O. The average molecular weight is 203 g/mol. The summed E-state index contributed by atoms with van der Waals surface area (Å²) in [4.78, 5) is 5.54. The number of allylic oxidation sites excluding steroid dienone is 1. The van der Waals surface area contributed by atoms with Gasteiger partial charge in [-0.1, -0.05) is 18.2 Å². The predicted octanol–water partition coefficient (Wildman–Crippen LogP) is 2.08. The van der Waals surface area contributed by atoms with Crippen molar-refractivity contribution in [3.63, 3.8) is 0 Å².